The quantitative estimate of drug-likeness (QED) is 0.852. The first-order valence-electron chi connectivity index (χ1n) is 6.50. The first-order chi connectivity index (χ1) is 9.78. The number of anilines is 1. The molecule has 0 radical (unpaired) electrons. The molecule has 1 fully saturated rings. The van der Waals surface area contributed by atoms with Crippen molar-refractivity contribution in [3.8, 4) is 11.5 Å². The molecule has 0 unspecified atom stereocenters. The molecule has 0 N–H and O–H groups in total. The van der Waals surface area contributed by atoms with E-state index in [1.54, 1.807) is 12.0 Å². The number of carbonyl (C=O) groups is 1. The molecular formula is C14H15N3O3. The Morgan fingerprint density at radius 3 is 2.80 bits per heavy atom. The van der Waals surface area contributed by atoms with Gasteiger partial charge in [-0.05, 0) is 30.7 Å². The summed E-state index contributed by atoms with van der Waals surface area (Å²) in [5.74, 6) is 1.15. The van der Waals surface area contributed by atoms with E-state index in [4.69, 9.17) is 9.26 Å². The molecule has 20 heavy (non-hydrogen) atoms. The molecular weight excluding hydrogens is 258 g/mol. The van der Waals surface area contributed by atoms with Crippen molar-refractivity contribution in [2.24, 2.45) is 0 Å². The van der Waals surface area contributed by atoms with Gasteiger partial charge < -0.3 is 14.2 Å². The van der Waals surface area contributed by atoms with Crippen LogP contribution in [0.3, 0.4) is 0 Å². The van der Waals surface area contributed by atoms with Crippen molar-refractivity contribution in [1.29, 1.82) is 0 Å². The van der Waals surface area contributed by atoms with Gasteiger partial charge in [-0.15, -0.1) is 0 Å². The van der Waals surface area contributed by atoms with Crippen LogP contribution in [0.4, 0.5) is 5.69 Å². The fourth-order valence-electron chi connectivity index (χ4n) is 2.26. The smallest absolute Gasteiger partial charge is 0.258 e. The van der Waals surface area contributed by atoms with Crippen molar-refractivity contribution >= 4 is 11.6 Å². The van der Waals surface area contributed by atoms with Crippen LogP contribution in [0.25, 0.3) is 11.5 Å². The minimum absolute atomic E-state index is 0.179. The second kappa shape index (κ2) is 5.42. The number of carbonyl (C=O) groups excluding carboxylic acids is 1. The highest BCUT2D eigenvalue weighted by Crippen LogP contribution is 2.25. The van der Waals surface area contributed by atoms with Crippen LogP contribution < -0.4 is 4.90 Å². The lowest BCUT2D eigenvalue weighted by atomic mass is 10.2. The van der Waals surface area contributed by atoms with E-state index in [1.165, 1.54) is 0 Å². The summed E-state index contributed by atoms with van der Waals surface area (Å²) >= 11 is 0. The zero-order chi connectivity index (χ0) is 13.9. The first-order valence-corrected chi connectivity index (χ1v) is 6.50. The Bertz CT molecular complexity index is 606. The molecule has 6 nitrogen and oxygen atoms in total. The first kappa shape index (κ1) is 12.8. The number of ether oxygens (including phenoxy) is 1. The van der Waals surface area contributed by atoms with Gasteiger partial charge in [0, 0.05) is 31.3 Å². The Labute approximate surface area is 116 Å². The second-order valence-electron chi connectivity index (χ2n) is 4.64. The van der Waals surface area contributed by atoms with Gasteiger partial charge in [-0.25, -0.2) is 0 Å². The molecule has 0 atom stereocenters. The third-order valence-corrected chi connectivity index (χ3v) is 3.24. The van der Waals surface area contributed by atoms with Gasteiger partial charge in [0.15, 0.2) is 5.82 Å². The van der Waals surface area contributed by atoms with E-state index in [0.717, 1.165) is 24.2 Å². The summed E-state index contributed by atoms with van der Waals surface area (Å²) in [5.41, 5.74) is 1.74. The number of hydrogen-bond donors (Lipinski definition) is 0. The molecule has 0 saturated carbocycles. The van der Waals surface area contributed by atoms with Gasteiger partial charge in [-0.3, -0.25) is 4.79 Å². The van der Waals surface area contributed by atoms with E-state index in [9.17, 15) is 4.79 Å². The molecule has 0 aliphatic carbocycles. The number of rotatable bonds is 4. The molecule has 1 aliphatic rings. The Morgan fingerprint density at radius 2 is 2.15 bits per heavy atom. The van der Waals surface area contributed by atoms with Crippen LogP contribution in [-0.4, -0.2) is 29.7 Å². The van der Waals surface area contributed by atoms with Crippen LogP contribution in [0.5, 0.6) is 0 Å². The van der Waals surface area contributed by atoms with Crippen molar-refractivity contribution < 1.29 is 14.1 Å². The zero-order valence-electron chi connectivity index (χ0n) is 11.2. The molecule has 1 amide bonds. The average Bonchev–Trinajstić information content (AvgIpc) is 3.09. The van der Waals surface area contributed by atoms with E-state index >= 15 is 0 Å². The fraction of sp³-hybridized carbons (Fsp3) is 0.357. The van der Waals surface area contributed by atoms with Crippen LogP contribution in [0, 0.1) is 0 Å². The Kier molecular flexibility index (Phi) is 3.47. The van der Waals surface area contributed by atoms with Gasteiger partial charge in [-0.2, -0.15) is 4.98 Å². The maximum Gasteiger partial charge on any atom is 0.258 e. The predicted octanol–water partition coefficient (Wildman–Crippen LogP) is 2.01. The predicted molar refractivity (Wildman–Crippen MR) is 72.0 cm³/mol. The van der Waals surface area contributed by atoms with Crippen LogP contribution in [0.2, 0.25) is 0 Å². The lowest BCUT2D eigenvalue weighted by Crippen LogP contribution is -2.23. The van der Waals surface area contributed by atoms with Crippen molar-refractivity contribution in [1.82, 2.24) is 10.1 Å². The van der Waals surface area contributed by atoms with E-state index in [0.29, 0.717) is 24.7 Å². The lowest BCUT2D eigenvalue weighted by molar-refractivity contribution is -0.117. The molecule has 0 bridgehead atoms. The van der Waals surface area contributed by atoms with Crippen molar-refractivity contribution in [2.75, 3.05) is 18.6 Å². The molecule has 0 spiro atoms. The maximum absolute atomic E-state index is 11.7. The third kappa shape index (κ3) is 2.42. The molecule has 1 aromatic carbocycles. The average molecular weight is 273 g/mol. The largest absolute Gasteiger partial charge is 0.377 e. The van der Waals surface area contributed by atoms with Crippen molar-refractivity contribution in [3.63, 3.8) is 0 Å². The summed E-state index contributed by atoms with van der Waals surface area (Å²) in [5, 5.41) is 3.82. The Hall–Kier alpha value is -2.21. The van der Waals surface area contributed by atoms with Crippen molar-refractivity contribution in [3.05, 3.63) is 30.1 Å². The van der Waals surface area contributed by atoms with E-state index in [-0.39, 0.29) is 5.91 Å². The number of amides is 1. The standard InChI is InChI=1S/C14H15N3O3/c1-19-9-12-15-14(20-16-12)10-4-6-11(7-5-10)17-8-2-3-13(17)18/h4-7H,2-3,8-9H2,1H3. The van der Waals surface area contributed by atoms with Gasteiger partial charge in [0.2, 0.25) is 5.91 Å². The summed E-state index contributed by atoms with van der Waals surface area (Å²) in [6.45, 7) is 1.11. The molecule has 1 aliphatic heterocycles. The van der Waals surface area contributed by atoms with E-state index in [2.05, 4.69) is 10.1 Å². The highest BCUT2D eigenvalue weighted by molar-refractivity contribution is 5.95. The molecule has 6 heteroatoms. The molecule has 2 heterocycles. The van der Waals surface area contributed by atoms with Crippen LogP contribution >= 0.6 is 0 Å². The fourth-order valence-corrected chi connectivity index (χ4v) is 2.26. The molecule has 1 saturated heterocycles. The van der Waals surface area contributed by atoms with E-state index in [1.807, 2.05) is 24.3 Å². The summed E-state index contributed by atoms with van der Waals surface area (Å²) < 4.78 is 10.1. The number of aromatic nitrogens is 2. The van der Waals surface area contributed by atoms with Gasteiger partial charge in [0.25, 0.3) is 5.89 Å². The highest BCUT2D eigenvalue weighted by Gasteiger charge is 2.21. The minimum atomic E-state index is 0.179. The third-order valence-electron chi connectivity index (χ3n) is 3.24. The van der Waals surface area contributed by atoms with Gasteiger partial charge in [-0.1, -0.05) is 5.16 Å². The number of benzene rings is 1. The van der Waals surface area contributed by atoms with Gasteiger partial charge in [0.1, 0.15) is 6.61 Å². The zero-order valence-corrected chi connectivity index (χ0v) is 11.2. The second-order valence-corrected chi connectivity index (χ2v) is 4.64. The summed E-state index contributed by atoms with van der Waals surface area (Å²) in [7, 11) is 1.58. The highest BCUT2D eigenvalue weighted by atomic mass is 16.5. The summed E-state index contributed by atoms with van der Waals surface area (Å²) in [6.07, 6.45) is 1.55. The van der Waals surface area contributed by atoms with E-state index < -0.39 is 0 Å². The van der Waals surface area contributed by atoms with Crippen LogP contribution in [0.1, 0.15) is 18.7 Å². The topological polar surface area (TPSA) is 68.5 Å². The number of hydrogen-bond acceptors (Lipinski definition) is 5. The van der Waals surface area contributed by atoms with Gasteiger partial charge >= 0.3 is 0 Å². The number of methoxy groups -OCH3 is 1. The summed E-state index contributed by atoms with van der Waals surface area (Å²) in [4.78, 5) is 17.7. The molecule has 104 valence electrons. The van der Waals surface area contributed by atoms with Crippen LogP contribution in [-0.2, 0) is 16.1 Å². The Morgan fingerprint density at radius 1 is 1.35 bits per heavy atom. The Balaban J connectivity index is 1.79. The molecule has 2 aromatic rings. The number of nitrogens with zero attached hydrogens (tertiary/aromatic N) is 3. The van der Waals surface area contributed by atoms with Crippen molar-refractivity contribution in [2.45, 2.75) is 19.4 Å². The SMILES string of the molecule is COCc1noc(-c2ccc(N3CCCC3=O)cc2)n1. The normalized spacial score (nSPS) is 15.1. The minimum Gasteiger partial charge on any atom is -0.377 e. The monoisotopic (exact) mass is 273 g/mol. The van der Waals surface area contributed by atoms with Gasteiger partial charge in [0.05, 0.1) is 0 Å². The maximum atomic E-state index is 11.7. The van der Waals surface area contributed by atoms with Crippen LogP contribution in [0.15, 0.2) is 28.8 Å². The molecule has 3 rings (SSSR count). The molecule has 1 aromatic heterocycles. The summed E-state index contributed by atoms with van der Waals surface area (Å²) in [6, 6.07) is 7.56. The lowest BCUT2D eigenvalue weighted by Gasteiger charge is -2.15.